The van der Waals surface area contributed by atoms with Crippen molar-refractivity contribution in [3.05, 3.63) is 39.8 Å². The van der Waals surface area contributed by atoms with Crippen LogP contribution in [0.4, 0.5) is 0 Å². The molecule has 6 nitrogen and oxygen atoms in total. The first-order valence-corrected chi connectivity index (χ1v) is 6.87. The average molecular weight is 292 g/mol. The van der Waals surface area contributed by atoms with Crippen LogP contribution in [0.2, 0.25) is 0 Å². The highest BCUT2D eigenvalue weighted by Crippen LogP contribution is 2.32. The number of aromatic carboxylic acids is 1. The predicted octanol–water partition coefficient (Wildman–Crippen LogP) is 1.86. The minimum atomic E-state index is -0.989. The van der Waals surface area contributed by atoms with Crippen molar-refractivity contribution < 1.29 is 19.4 Å². The lowest BCUT2D eigenvalue weighted by Crippen LogP contribution is -2.13. The van der Waals surface area contributed by atoms with Gasteiger partial charge < -0.3 is 19.9 Å². The highest BCUT2D eigenvalue weighted by molar-refractivity contribution is 7.11. The number of benzene rings is 1. The number of rotatable bonds is 5. The Kier molecular flexibility index (Phi) is 3.53. The van der Waals surface area contributed by atoms with E-state index >= 15 is 0 Å². The number of carbonyl (C=O) groups is 1. The minimum Gasteiger partial charge on any atom is -0.476 e. The fourth-order valence-corrected chi connectivity index (χ4v) is 2.53. The van der Waals surface area contributed by atoms with Gasteiger partial charge in [0, 0.05) is 18.5 Å². The van der Waals surface area contributed by atoms with Gasteiger partial charge in [0.2, 0.25) is 11.8 Å². The summed E-state index contributed by atoms with van der Waals surface area (Å²) in [6, 6.07) is 5.77. The van der Waals surface area contributed by atoms with Crippen molar-refractivity contribution in [2.24, 2.45) is 0 Å². The van der Waals surface area contributed by atoms with E-state index in [0.717, 1.165) is 34.1 Å². The monoisotopic (exact) mass is 292 g/mol. The number of ether oxygens (including phenoxy) is 2. The summed E-state index contributed by atoms with van der Waals surface area (Å²) in [6.45, 7) is 1.44. The summed E-state index contributed by atoms with van der Waals surface area (Å²) in [4.78, 5) is 14.7. The van der Waals surface area contributed by atoms with Crippen LogP contribution in [0, 0.1) is 0 Å². The summed E-state index contributed by atoms with van der Waals surface area (Å²) < 4.78 is 10.6. The molecule has 3 rings (SSSR count). The maximum atomic E-state index is 10.7. The van der Waals surface area contributed by atoms with Crippen LogP contribution in [0.25, 0.3) is 0 Å². The van der Waals surface area contributed by atoms with Crippen molar-refractivity contribution in [3.8, 4) is 11.5 Å². The normalized spacial score (nSPS) is 12.6. The molecule has 2 heterocycles. The number of carboxylic acids is 1. The van der Waals surface area contributed by atoms with Crippen LogP contribution < -0.4 is 14.8 Å². The van der Waals surface area contributed by atoms with Crippen molar-refractivity contribution >= 4 is 17.3 Å². The van der Waals surface area contributed by atoms with E-state index in [4.69, 9.17) is 14.6 Å². The van der Waals surface area contributed by atoms with E-state index < -0.39 is 5.97 Å². The second-order valence-corrected chi connectivity index (χ2v) is 5.10. The zero-order valence-corrected chi connectivity index (χ0v) is 11.3. The third kappa shape index (κ3) is 2.73. The third-order valence-corrected chi connectivity index (χ3v) is 3.69. The molecular formula is C13H12N2O4S. The van der Waals surface area contributed by atoms with Gasteiger partial charge in [-0.2, -0.15) is 0 Å². The van der Waals surface area contributed by atoms with Gasteiger partial charge in [-0.1, -0.05) is 6.07 Å². The molecule has 104 valence electrons. The van der Waals surface area contributed by atoms with Crippen molar-refractivity contribution in [2.75, 3.05) is 6.79 Å². The lowest BCUT2D eigenvalue weighted by molar-refractivity contribution is 0.0696. The molecule has 0 saturated heterocycles. The molecule has 20 heavy (non-hydrogen) atoms. The molecule has 2 aromatic rings. The van der Waals surface area contributed by atoms with E-state index in [0.29, 0.717) is 13.1 Å². The summed E-state index contributed by atoms with van der Waals surface area (Å²) in [6.07, 6.45) is 0. The van der Waals surface area contributed by atoms with E-state index in [1.54, 1.807) is 5.38 Å². The summed E-state index contributed by atoms with van der Waals surface area (Å²) in [5.41, 5.74) is 1.80. The van der Waals surface area contributed by atoms with E-state index in [1.165, 1.54) is 0 Å². The first-order valence-electron chi connectivity index (χ1n) is 5.99. The van der Waals surface area contributed by atoms with Gasteiger partial charge in [-0.05, 0) is 17.7 Å². The molecule has 1 aliphatic rings. The van der Waals surface area contributed by atoms with E-state index in [2.05, 4.69) is 10.3 Å². The quantitative estimate of drug-likeness (QED) is 0.875. The Morgan fingerprint density at radius 2 is 2.20 bits per heavy atom. The van der Waals surface area contributed by atoms with Crippen LogP contribution in [-0.4, -0.2) is 22.9 Å². The Balaban J connectivity index is 1.55. The molecule has 2 N–H and O–H groups in total. The molecule has 0 fully saturated rings. The maximum absolute atomic E-state index is 10.7. The van der Waals surface area contributed by atoms with Crippen LogP contribution in [-0.2, 0) is 13.1 Å². The largest absolute Gasteiger partial charge is 0.476 e. The summed E-state index contributed by atoms with van der Waals surface area (Å²) in [7, 11) is 0. The molecule has 1 aromatic carbocycles. The molecule has 0 radical (unpaired) electrons. The van der Waals surface area contributed by atoms with Crippen molar-refractivity contribution in [2.45, 2.75) is 13.1 Å². The van der Waals surface area contributed by atoms with Crippen LogP contribution in [0.1, 0.15) is 21.1 Å². The molecule has 0 spiro atoms. The highest BCUT2D eigenvalue weighted by atomic mass is 32.1. The van der Waals surface area contributed by atoms with Gasteiger partial charge in [0.1, 0.15) is 0 Å². The van der Waals surface area contributed by atoms with Gasteiger partial charge in [0.05, 0.1) is 5.69 Å². The molecule has 0 aliphatic carbocycles. The summed E-state index contributed by atoms with van der Waals surface area (Å²) in [5, 5.41) is 13.9. The molecule has 0 saturated carbocycles. The molecule has 1 aromatic heterocycles. The molecule has 7 heteroatoms. The highest BCUT2D eigenvalue weighted by Gasteiger charge is 2.13. The SMILES string of the molecule is O=C(O)c1nc(CNCc2ccc3c(c2)OCO3)cs1. The van der Waals surface area contributed by atoms with E-state index in [1.807, 2.05) is 18.2 Å². The standard InChI is InChI=1S/C13H12N2O4S/c16-13(17)12-15-9(6-20-12)5-14-4-8-1-2-10-11(3-8)19-7-18-10/h1-3,6,14H,4-5,7H2,(H,16,17). The molecule has 0 bridgehead atoms. The number of thiazole rings is 1. The number of aromatic nitrogens is 1. The van der Waals surface area contributed by atoms with E-state index in [9.17, 15) is 4.79 Å². The van der Waals surface area contributed by atoms with Gasteiger partial charge in [-0.3, -0.25) is 0 Å². The lowest BCUT2D eigenvalue weighted by atomic mass is 10.2. The Morgan fingerprint density at radius 1 is 1.35 bits per heavy atom. The summed E-state index contributed by atoms with van der Waals surface area (Å²) in [5.74, 6) is 0.530. The van der Waals surface area contributed by atoms with Crippen molar-refractivity contribution in [1.29, 1.82) is 0 Å². The van der Waals surface area contributed by atoms with Gasteiger partial charge in [-0.25, -0.2) is 9.78 Å². The Morgan fingerprint density at radius 3 is 3.00 bits per heavy atom. The number of fused-ring (bicyclic) bond motifs is 1. The van der Waals surface area contributed by atoms with E-state index in [-0.39, 0.29) is 11.8 Å². The van der Waals surface area contributed by atoms with Crippen molar-refractivity contribution in [1.82, 2.24) is 10.3 Å². The minimum absolute atomic E-state index is 0.116. The molecule has 0 unspecified atom stereocenters. The first-order chi connectivity index (χ1) is 9.72. The van der Waals surface area contributed by atoms with Gasteiger partial charge in [0.25, 0.3) is 0 Å². The Labute approximate surface area is 119 Å². The first kappa shape index (κ1) is 12.9. The fraction of sp³-hybridized carbons (Fsp3) is 0.231. The lowest BCUT2D eigenvalue weighted by Gasteiger charge is -2.04. The van der Waals surface area contributed by atoms with Gasteiger partial charge >= 0.3 is 5.97 Å². The van der Waals surface area contributed by atoms with Gasteiger partial charge in [-0.15, -0.1) is 11.3 Å². The number of hydrogen-bond acceptors (Lipinski definition) is 6. The van der Waals surface area contributed by atoms with Crippen LogP contribution in [0.15, 0.2) is 23.6 Å². The molecule has 0 atom stereocenters. The zero-order chi connectivity index (χ0) is 13.9. The topological polar surface area (TPSA) is 80.7 Å². The fourth-order valence-electron chi connectivity index (χ4n) is 1.87. The zero-order valence-electron chi connectivity index (χ0n) is 10.5. The number of hydrogen-bond donors (Lipinski definition) is 2. The predicted molar refractivity (Wildman–Crippen MR) is 72.2 cm³/mol. The van der Waals surface area contributed by atoms with Gasteiger partial charge in [0.15, 0.2) is 11.5 Å². The second-order valence-electron chi connectivity index (χ2n) is 4.24. The smallest absolute Gasteiger partial charge is 0.365 e. The van der Waals surface area contributed by atoms with Crippen LogP contribution >= 0.6 is 11.3 Å². The molecule has 0 amide bonds. The Hall–Kier alpha value is -2.12. The Bertz CT molecular complexity index is 641. The molecule has 1 aliphatic heterocycles. The van der Waals surface area contributed by atoms with Crippen LogP contribution in [0.5, 0.6) is 11.5 Å². The number of nitrogens with zero attached hydrogens (tertiary/aromatic N) is 1. The third-order valence-electron chi connectivity index (χ3n) is 2.81. The average Bonchev–Trinajstić information content (AvgIpc) is 3.06. The maximum Gasteiger partial charge on any atom is 0.365 e. The second kappa shape index (κ2) is 5.48. The molecular weight excluding hydrogens is 280 g/mol. The number of nitrogens with one attached hydrogen (secondary N) is 1. The summed E-state index contributed by atoms with van der Waals surface area (Å²) >= 11 is 1.13. The van der Waals surface area contributed by atoms with Crippen LogP contribution in [0.3, 0.4) is 0 Å². The van der Waals surface area contributed by atoms with Crippen molar-refractivity contribution in [3.63, 3.8) is 0 Å². The number of carboxylic acid groups (broad SMARTS) is 1.